The van der Waals surface area contributed by atoms with Gasteiger partial charge in [-0.15, -0.1) is 0 Å². The quantitative estimate of drug-likeness (QED) is 0.148. The van der Waals surface area contributed by atoms with Gasteiger partial charge in [0.15, 0.2) is 34.9 Å². The van der Waals surface area contributed by atoms with Crippen LogP contribution in [0.25, 0.3) is 123 Å². The van der Waals surface area contributed by atoms with E-state index in [9.17, 15) is 0 Å². The SMILES string of the molecule is c1ccc(-c2nc(-c3ccccc3)nc(-c3ccc4oc5ccc(-c6c7ccccc7c(-c7nc(-c8ccccc8)nc(-c8ccccc8)n7)c7ccccc67)cc5c4c3)n2)cc1. The molecular weight excluding hydrogens is 773 g/mol. The molecule has 0 aliphatic rings. The van der Waals surface area contributed by atoms with Crippen LogP contribution in [0.4, 0.5) is 0 Å². The number of rotatable bonds is 7. The van der Waals surface area contributed by atoms with Gasteiger partial charge in [-0.1, -0.05) is 176 Å². The molecule has 0 bridgehead atoms. The van der Waals surface area contributed by atoms with Gasteiger partial charge < -0.3 is 4.42 Å². The summed E-state index contributed by atoms with van der Waals surface area (Å²) in [7, 11) is 0. The van der Waals surface area contributed by atoms with Gasteiger partial charge in [0.1, 0.15) is 11.2 Å². The fraction of sp³-hybridized carbons (Fsp3) is 0. The van der Waals surface area contributed by atoms with Crippen LogP contribution in [0, 0.1) is 0 Å². The molecule has 7 nitrogen and oxygen atoms in total. The number of benzene rings is 9. The summed E-state index contributed by atoms with van der Waals surface area (Å²) in [6.45, 7) is 0. The average molecular weight is 807 g/mol. The molecule has 0 fully saturated rings. The van der Waals surface area contributed by atoms with Gasteiger partial charge in [0, 0.05) is 44.2 Å². The maximum atomic E-state index is 6.49. The molecule has 3 aromatic heterocycles. The minimum Gasteiger partial charge on any atom is -0.456 e. The van der Waals surface area contributed by atoms with Gasteiger partial charge in [-0.05, 0) is 63.0 Å². The van der Waals surface area contributed by atoms with Crippen molar-refractivity contribution in [3.8, 4) is 79.5 Å². The van der Waals surface area contributed by atoms with Crippen molar-refractivity contribution in [3.05, 3.63) is 206 Å². The lowest BCUT2D eigenvalue weighted by molar-refractivity contribution is 0.669. The van der Waals surface area contributed by atoms with Crippen LogP contribution in [0.3, 0.4) is 0 Å². The van der Waals surface area contributed by atoms with Crippen molar-refractivity contribution in [1.29, 1.82) is 0 Å². The Morgan fingerprint density at radius 2 is 0.524 bits per heavy atom. The van der Waals surface area contributed by atoms with Crippen LogP contribution < -0.4 is 0 Å². The summed E-state index contributed by atoms with van der Waals surface area (Å²) in [6.07, 6.45) is 0. The lowest BCUT2D eigenvalue weighted by Crippen LogP contribution is -2.01. The monoisotopic (exact) mass is 806 g/mol. The van der Waals surface area contributed by atoms with Crippen molar-refractivity contribution in [2.45, 2.75) is 0 Å². The van der Waals surface area contributed by atoms with E-state index in [1.54, 1.807) is 0 Å². The molecule has 12 aromatic rings. The molecule has 0 aliphatic carbocycles. The van der Waals surface area contributed by atoms with Crippen LogP contribution in [-0.4, -0.2) is 29.9 Å². The molecule has 0 radical (unpaired) electrons. The van der Waals surface area contributed by atoms with E-state index in [0.29, 0.717) is 34.9 Å². The number of fused-ring (bicyclic) bond motifs is 5. The van der Waals surface area contributed by atoms with E-state index in [2.05, 4.69) is 72.8 Å². The first-order valence-electron chi connectivity index (χ1n) is 20.9. The second-order valence-electron chi connectivity index (χ2n) is 15.4. The van der Waals surface area contributed by atoms with E-state index in [-0.39, 0.29) is 0 Å². The smallest absolute Gasteiger partial charge is 0.165 e. The van der Waals surface area contributed by atoms with Crippen LogP contribution in [0.5, 0.6) is 0 Å². The third-order valence-corrected chi connectivity index (χ3v) is 11.6. The van der Waals surface area contributed by atoms with Gasteiger partial charge in [0.2, 0.25) is 0 Å². The van der Waals surface area contributed by atoms with E-state index in [4.69, 9.17) is 34.3 Å². The zero-order valence-corrected chi connectivity index (χ0v) is 33.7. The van der Waals surface area contributed by atoms with Crippen molar-refractivity contribution in [3.63, 3.8) is 0 Å². The van der Waals surface area contributed by atoms with Gasteiger partial charge in [-0.3, -0.25) is 0 Å². The van der Waals surface area contributed by atoms with Gasteiger partial charge >= 0.3 is 0 Å². The maximum absolute atomic E-state index is 6.49. The zero-order chi connectivity index (χ0) is 41.7. The van der Waals surface area contributed by atoms with Gasteiger partial charge in [0.25, 0.3) is 0 Å². The second kappa shape index (κ2) is 15.1. The van der Waals surface area contributed by atoms with Gasteiger partial charge in [-0.25, -0.2) is 29.9 Å². The molecule has 7 heteroatoms. The number of aromatic nitrogens is 6. The lowest BCUT2D eigenvalue weighted by atomic mass is 9.87. The van der Waals surface area contributed by atoms with Gasteiger partial charge in [0.05, 0.1) is 0 Å². The fourth-order valence-electron chi connectivity index (χ4n) is 8.61. The predicted octanol–water partition coefficient (Wildman–Crippen LogP) is 13.9. The van der Waals surface area contributed by atoms with E-state index >= 15 is 0 Å². The summed E-state index contributed by atoms with van der Waals surface area (Å²) in [4.78, 5) is 30.3. The summed E-state index contributed by atoms with van der Waals surface area (Å²) in [5.41, 5.74) is 9.31. The highest BCUT2D eigenvalue weighted by Crippen LogP contribution is 2.45. The molecule has 0 saturated heterocycles. The van der Waals surface area contributed by atoms with E-state index < -0.39 is 0 Å². The van der Waals surface area contributed by atoms with Crippen molar-refractivity contribution in [2.75, 3.05) is 0 Å². The van der Waals surface area contributed by atoms with Crippen LogP contribution >= 0.6 is 0 Å². The summed E-state index contributed by atoms with van der Waals surface area (Å²) in [6, 6.07) is 70.1. The van der Waals surface area contributed by atoms with Crippen molar-refractivity contribution < 1.29 is 4.42 Å². The molecule has 0 unspecified atom stereocenters. The minimum absolute atomic E-state index is 0.590. The van der Waals surface area contributed by atoms with Crippen molar-refractivity contribution >= 4 is 43.5 Å². The zero-order valence-electron chi connectivity index (χ0n) is 33.7. The Labute approximate surface area is 362 Å². The molecule has 0 N–H and O–H groups in total. The highest BCUT2D eigenvalue weighted by Gasteiger charge is 2.22. The molecular formula is C56H34N6O. The van der Waals surface area contributed by atoms with E-state index in [1.165, 1.54) is 0 Å². The highest BCUT2D eigenvalue weighted by atomic mass is 16.3. The number of nitrogens with zero attached hydrogens (tertiary/aromatic N) is 6. The van der Waals surface area contributed by atoms with Crippen molar-refractivity contribution in [1.82, 2.24) is 29.9 Å². The lowest BCUT2D eigenvalue weighted by Gasteiger charge is -2.17. The molecule has 0 aliphatic heterocycles. The Morgan fingerprint density at radius 1 is 0.222 bits per heavy atom. The van der Waals surface area contributed by atoms with Gasteiger partial charge in [-0.2, -0.15) is 0 Å². The molecule has 12 rings (SSSR count). The standard InChI is InChI=1S/C56H34N6O/c1-5-17-35(18-6-1)51-57-52(36-19-7-2-8-20-36)60-55(59-51)40-30-32-48-46(34-40)45-33-39(29-31-47(45)63-48)49-41-25-13-15-27-43(41)50(44-28-16-14-26-42(44)49)56-61-53(37-21-9-3-10-22-37)58-54(62-56)38-23-11-4-12-24-38/h1-34H. The average Bonchev–Trinajstić information content (AvgIpc) is 3.73. The van der Waals surface area contributed by atoms with E-state index in [0.717, 1.165) is 88.0 Å². The largest absolute Gasteiger partial charge is 0.456 e. The number of hydrogen-bond acceptors (Lipinski definition) is 7. The van der Waals surface area contributed by atoms with Crippen LogP contribution in [0.1, 0.15) is 0 Å². The molecule has 9 aromatic carbocycles. The summed E-state index contributed by atoms with van der Waals surface area (Å²) >= 11 is 0. The highest BCUT2D eigenvalue weighted by molar-refractivity contribution is 6.21. The number of furan rings is 1. The molecule has 0 saturated carbocycles. The first-order chi connectivity index (χ1) is 31.2. The first kappa shape index (κ1) is 36.2. The first-order valence-corrected chi connectivity index (χ1v) is 20.9. The van der Waals surface area contributed by atoms with Crippen LogP contribution in [0.2, 0.25) is 0 Å². The third-order valence-electron chi connectivity index (χ3n) is 11.6. The normalized spacial score (nSPS) is 11.5. The summed E-state index contributed by atoms with van der Waals surface area (Å²) in [5, 5.41) is 6.26. The number of hydrogen-bond donors (Lipinski definition) is 0. The Bertz CT molecular complexity index is 3500. The molecule has 0 atom stereocenters. The molecule has 294 valence electrons. The molecule has 0 amide bonds. The van der Waals surface area contributed by atoms with Crippen LogP contribution in [0.15, 0.2) is 211 Å². The second-order valence-corrected chi connectivity index (χ2v) is 15.4. The minimum atomic E-state index is 0.590. The predicted molar refractivity (Wildman–Crippen MR) is 254 cm³/mol. The fourth-order valence-corrected chi connectivity index (χ4v) is 8.61. The topological polar surface area (TPSA) is 90.5 Å². The third kappa shape index (κ3) is 6.47. The Kier molecular flexibility index (Phi) is 8.67. The van der Waals surface area contributed by atoms with E-state index in [1.807, 2.05) is 133 Å². The summed E-state index contributed by atoms with van der Waals surface area (Å²) in [5.74, 6) is 3.69. The Balaban J connectivity index is 1.05. The molecule has 63 heavy (non-hydrogen) atoms. The Morgan fingerprint density at radius 3 is 0.921 bits per heavy atom. The Hall–Kier alpha value is -8.68. The maximum Gasteiger partial charge on any atom is 0.165 e. The van der Waals surface area contributed by atoms with Crippen LogP contribution in [-0.2, 0) is 0 Å². The van der Waals surface area contributed by atoms with Crippen molar-refractivity contribution in [2.24, 2.45) is 0 Å². The summed E-state index contributed by atoms with van der Waals surface area (Å²) < 4.78 is 6.49. The molecule has 3 heterocycles. The molecule has 0 spiro atoms.